The second-order valence-corrected chi connectivity index (χ2v) is 6.98. The first-order valence-corrected chi connectivity index (χ1v) is 10.1. The first-order valence-electron chi connectivity index (χ1n) is 10.1. The Morgan fingerprint density at radius 1 is 0.875 bits per heavy atom. The summed E-state index contributed by atoms with van der Waals surface area (Å²) in [6.07, 6.45) is 22.6. The minimum atomic E-state index is -0.0733. The van der Waals surface area contributed by atoms with Crippen molar-refractivity contribution in [3.8, 4) is 0 Å². The van der Waals surface area contributed by atoms with Crippen LogP contribution >= 0.6 is 0 Å². The molecule has 1 heterocycles. The van der Waals surface area contributed by atoms with Crippen molar-refractivity contribution < 1.29 is 14.3 Å². The quantitative estimate of drug-likeness (QED) is 0.151. The molecule has 0 radical (unpaired) electrons. The van der Waals surface area contributed by atoms with Crippen LogP contribution in [0.15, 0.2) is 12.2 Å². The van der Waals surface area contributed by atoms with E-state index in [0.717, 1.165) is 25.7 Å². The number of hydrogen-bond donors (Lipinski definition) is 0. The van der Waals surface area contributed by atoms with Crippen molar-refractivity contribution in [2.45, 2.75) is 109 Å². The van der Waals surface area contributed by atoms with E-state index in [2.05, 4.69) is 23.8 Å². The Kier molecular flexibility index (Phi) is 12.8. The van der Waals surface area contributed by atoms with Gasteiger partial charge in [0.25, 0.3) is 0 Å². The summed E-state index contributed by atoms with van der Waals surface area (Å²) in [6.45, 7) is 2.19. The molecule has 0 spiro atoms. The highest BCUT2D eigenvalue weighted by molar-refractivity contribution is 5.68. The number of epoxide rings is 1. The molecule has 1 saturated heterocycles. The molecule has 0 bridgehead atoms. The Labute approximate surface area is 149 Å². The molecule has 140 valence electrons. The molecular weight excluding hydrogens is 300 g/mol. The van der Waals surface area contributed by atoms with Crippen molar-refractivity contribution in [1.29, 1.82) is 0 Å². The summed E-state index contributed by atoms with van der Waals surface area (Å²) in [5.41, 5.74) is 0. The van der Waals surface area contributed by atoms with Gasteiger partial charge in [-0.25, -0.2) is 0 Å². The molecule has 1 aliphatic heterocycles. The highest BCUT2D eigenvalue weighted by Crippen LogP contribution is 2.28. The standard InChI is InChI=1S/C21H38O3/c1-3-19-20(24-19)17-15-13-11-9-7-5-4-6-8-10-12-14-16-18-21(22)23-2/h13,15,19-20H,3-12,14,16-18H2,1-2H3. The first kappa shape index (κ1) is 21.2. The Morgan fingerprint density at radius 3 is 2.00 bits per heavy atom. The van der Waals surface area contributed by atoms with Crippen LogP contribution < -0.4 is 0 Å². The van der Waals surface area contributed by atoms with Gasteiger partial charge in [0, 0.05) is 6.42 Å². The van der Waals surface area contributed by atoms with E-state index in [1.807, 2.05) is 0 Å². The Hall–Kier alpha value is -0.830. The zero-order valence-electron chi connectivity index (χ0n) is 15.9. The van der Waals surface area contributed by atoms with Crippen LogP contribution in [0.4, 0.5) is 0 Å². The lowest BCUT2D eigenvalue weighted by atomic mass is 10.0. The number of allylic oxidation sites excluding steroid dienone is 1. The summed E-state index contributed by atoms with van der Waals surface area (Å²) < 4.78 is 10.2. The number of hydrogen-bond acceptors (Lipinski definition) is 3. The number of unbranched alkanes of at least 4 members (excludes halogenated alkanes) is 10. The summed E-state index contributed by atoms with van der Waals surface area (Å²) in [4.78, 5) is 11.0. The molecule has 3 heteroatoms. The molecule has 0 aromatic carbocycles. The Balaban J connectivity index is 1.70. The molecule has 1 rings (SSSR count). The number of carbonyl (C=O) groups excluding carboxylic acids is 1. The summed E-state index contributed by atoms with van der Waals surface area (Å²) in [5.74, 6) is -0.0733. The maximum Gasteiger partial charge on any atom is 0.305 e. The van der Waals surface area contributed by atoms with Gasteiger partial charge in [-0.1, -0.05) is 70.4 Å². The fourth-order valence-corrected chi connectivity index (χ4v) is 3.14. The van der Waals surface area contributed by atoms with Crippen molar-refractivity contribution in [3.63, 3.8) is 0 Å². The molecule has 3 nitrogen and oxygen atoms in total. The lowest BCUT2D eigenvalue weighted by Gasteiger charge is -2.02. The van der Waals surface area contributed by atoms with Crippen LogP contribution in [-0.4, -0.2) is 25.3 Å². The molecule has 1 aliphatic rings. The normalized spacial score (nSPS) is 19.8. The van der Waals surface area contributed by atoms with Gasteiger partial charge in [0.05, 0.1) is 19.3 Å². The molecule has 0 saturated carbocycles. The monoisotopic (exact) mass is 338 g/mol. The van der Waals surface area contributed by atoms with Crippen LogP contribution in [0.3, 0.4) is 0 Å². The van der Waals surface area contributed by atoms with E-state index in [9.17, 15) is 4.79 Å². The molecule has 0 aliphatic carbocycles. The largest absolute Gasteiger partial charge is 0.469 e. The van der Waals surface area contributed by atoms with Crippen LogP contribution in [0.5, 0.6) is 0 Å². The van der Waals surface area contributed by atoms with E-state index in [1.165, 1.54) is 64.9 Å². The molecule has 0 N–H and O–H groups in total. The predicted molar refractivity (Wildman–Crippen MR) is 100 cm³/mol. The molecule has 0 aromatic heterocycles. The Bertz CT molecular complexity index is 338. The van der Waals surface area contributed by atoms with Gasteiger partial charge in [0.2, 0.25) is 0 Å². The lowest BCUT2D eigenvalue weighted by Crippen LogP contribution is -1.99. The van der Waals surface area contributed by atoms with Gasteiger partial charge in [-0.15, -0.1) is 0 Å². The fraction of sp³-hybridized carbons (Fsp3) is 0.857. The van der Waals surface area contributed by atoms with E-state index in [0.29, 0.717) is 18.6 Å². The van der Waals surface area contributed by atoms with Gasteiger partial charge < -0.3 is 9.47 Å². The molecule has 2 atom stereocenters. The van der Waals surface area contributed by atoms with Crippen molar-refractivity contribution in [2.24, 2.45) is 0 Å². The van der Waals surface area contributed by atoms with Crippen molar-refractivity contribution in [2.75, 3.05) is 7.11 Å². The van der Waals surface area contributed by atoms with E-state index in [4.69, 9.17) is 4.74 Å². The van der Waals surface area contributed by atoms with Gasteiger partial charge in [-0.05, 0) is 32.1 Å². The molecular formula is C21H38O3. The number of ether oxygens (including phenoxy) is 2. The third-order valence-corrected chi connectivity index (χ3v) is 4.85. The number of carbonyl (C=O) groups is 1. The molecule has 0 aromatic rings. The van der Waals surface area contributed by atoms with Crippen molar-refractivity contribution >= 4 is 5.97 Å². The molecule has 1 fully saturated rings. The third-order valence-electron chi connectivity index (χ3n) is 4.85. The predicted octanol–water partition coefficient (Wildman–Crippen LogP) is 5.96. The average Bonchev–Trinajstić information content (AvgIpc) is 3.36. The summed E-state index contributed by atoms with van der Waals surface area (Å²) >= 11 is 0. The maximum atomic E-state index is 11.0. The number of rotatable bonds is 16. The highest BCUT2D eigenvalue weighted by Gasteiger charge is 2.35. The van der Waals surface area contributed by atoms with Crippen molar-refractivity contribution in [1.82, 2.24) is 0 Å². The SMILES string of the molecule is CCC1OC1CC=CCCCCCCCCCCCCC(=O)OC. The maximum absolute atomic E-state index is 11.0. The van der Waals surface area contributed by atoms with Crippen LogP contribution in [0, 0.1) is 0 Å². The van der Waals surface area contributed by atoms with Gasteiger partial charge in [0.15, 0.2) is 0 Å². The lowest BCUT2D eigenvalue weighted by molar-refractivity contribution is -0.140. The average molecular weight is 339 g/mol. The van der Waals surface area contributed by atoms with Crippen LogP contribution in [0.1, 0.15) is 96.8 Å². The van der Waals surface area contributed by atoms with Crippen LogP contribution in [0.25, 0.3) is 0 Å². The van der Waals surface area contributed by atoms with E-state index in [-0.39, 0.29) is 5.97 Å². The second kappa shape index (κ2) is 14.5. The third kappa shape index (κ3) is 11.7. The zero-order valence-corrected chi connectivity index (χ0v) is 15.9. The summed E-state index contributed by atoms with van der Waals surface area (Å²) in [5, 5.41) is 0. The second-order valence-electron chi connectivity index (χ2n) is 6.98. The van der Waals surface area contributed by atoms with E-state index in [1.54, 1.807) is 0 Å². The zero-order chi connectivity index (χ0) is 17.5. The highest BCUT2D eigenvalue weighted by atomic mass is 16.6. The molecule has 0 amide bonds. The summed E-state index contributed by atoms with van der Waals surface area (Å²) in [7, 11) is 1.46. The van der Waals surface area contributed by atoms with E-state index < -0.39 is 0 Å². The van der Waals surface area contributed by atoms with Gasteiger partial charge in [-0.3, -0.25) is 4.79 Å². The van der Waals surface area contributed by atoms with Gasteiger partial charge in [-0.2, -0.15) is 0 Å². The fourth-order valence-electron chi connectivity index (χ4n) is 3.14. The minimum absolute atomic E-state index is 0.0733. The smallest absolute Gasteiger partial charge is 0.305 e. The Morgan fingerprint density at radius 2 is 1.46 bits per heavy atom. The number of methoxy groups -OCH3 is 1. The van der Waals surface area contributed by atoms with Crippen molar-refractivity contribution in [3.05, 3.63) is 12.2 Å². The first-order chi connectivity index (χ1) is 11.8. The topological polar surface area (TPSA) is 38.8 Å². The van der Waals surface area contributed by atoms with Gasteiger partial charge in [0.1, 0.15) is 0 Å². The van der Waals surface area contributed by atoms with Crippen LogP contribution in [-0.2, 0) is 14.3 Å². The molecule has 2 unspecified atom stereocenters. The summed E-state index contributed by atoms with van der Waals surface area (Å²) in [6, 6.07) is 0. The van der Waals surface area contributed by atoms with Crippen LogP contribution in [0.2, 0.25) is 0 Å². The number of esters is 1. The molecule has 24 heavy (non-hydrogen) atoms. The van der Waals surface area contributed by atoms with Gasteiger partial charge >= 0.3 is 5.97 Å². The van der Waals surface area contributed by atoms with E-state index >= 15 is 0 Å². The minimum Gasteiger partial charge on any atom is -0.469 e.